The summed E-state index contributed by atoms with van der Waals surface area (Å²) < 4.78 is 0. The zero-order chi connectivity index (χ0) is 27.0. The van der Waals surface area contributed by atoms with E-state index in [0.29, 0.717) is 55.2 Å². The average molecular weight is 562 g/mol. The monoisotopic (exact) mass is 560 g/mol. The molecule has 1 aliphatic carbocycles. The van der Waals surface area contributed by atoms with Gasteiger partial charge in [0.1, 0.15) is 12.1 Å². The van der Waals surface area contributed by atoms with E-state index in [-0.39, 0.29) is 17.7 Å². The number of piperazine rings is 2. The van der Waals surface area contributed by atoms with E-state index in [4.69, 9.17) is 23.2 Å². The number of hydrogen-bond acceptors (Lipinski definition) is 7. The molecule has 3 heterocycles. The number of benzene rings is 1. The second-order valence-electron chi connectivity index (χ2n) is 11.1. The molecule has 1 unspecified atom stereocenters. The molecule has 2 saturated heterocycles. The number of aromatic nitrogens is 2. The molecule has 2 aromatic rings. The third-order valence-corrected chi connectivity index (χ3v) is 9.13. The molecule has 0 spiro atoms. The van der Waals surface area contributed by atoms with Crippen LogP contribution in [0, 0.1) is 0 Å². The number of carbonyl (C=O) groups excluding carboxylic acids is 1. The van der Waals surface area contributed by atoms with E-state index < -0.39 is 6.10 Å². The molecule has 3 atom stereocenters. The van der Waals surface area contributed by atoms with Gasteiger partial charge in [0.2, 0.25) is 5.91 Å². The Hall–Kier alpha value is -1.97. The van der Waals surface area contributed by atoms with Crippen LogP contribution < -0.4 is 4.90 Å². The minimum absolute atomic E-state index is 0.131. The van der Waals surface area contributed by atoms with Crippen LogP contribution in [0.4, 0.5) is 5.82 Å². The highest BCUT2D eigenvalue weighted by molar-refractivity contribution is 6.42. The van der Waals surface area contributed by atoms with Crippen LogP contribution in [0.1, 0.15) is 62.0 Å². The van der Waals surface area contributed by atoms with Crippen LogP contribution in [-0.4, -0.2) is 101 Å². The van der Waals surface area contributed by atoms with E-state index in [1.54, 1.807) is 12.4 Å². The standard InChI is InChI=1S/C28H38Cl2N6O2/c1-18(2)34-8-6-33(7-9-34)16-21(20-4-5-22(29)23(30)15-20)28(38)36-12-10-35(11-13-36)27-25-19(3)14-24(37)26(25)31-17-32-27/h4-5,15,17-19,21,24,37H,6-14,16H2,1-3H3/t19-,21?,24-/m1/s1. The largest absolute Gasteiger partial charge is 0.387 e. The van der Waals surface area contributed by atoms with Crippen LogP contribution in [0.3, 0.4) is 0 Å². The summed E-state index contributed by atoms with van der Waals surface area (Å²) in [6.07, 6.45) is 1.70. The molecule has 1 amide bonds. The van der Waals surface area contributed by atoms with Gasteiger partial charge in [-0.3, -0.25) is 14.6 Å². The zero-order valence-electron chi connectivity index (χ0n) is 22.5. The lowest BCUT2D eigenvalue weighted by atomic mass is 9.96. The van der Waals surface area contributed by atoms with Crippen molar-refractivity contribution >= 4 is 34.9 Å². The lowest BCUT2D eigenvalue weighted by Gasteiger charge is -2.40. The lowest BCUT2D eigenvalue weighted by molar-refractivity contribution is -0.133. The maximum absolute atomic E-state index is 14.0. The normalized spacial score (nSPS) is 23.7. The molecule has 1 aromatic heterocycles. The van der Waals surface area contributed by atoms with E-state index in [0.717, 1.165) is 48.8 Å². The van der Waals surface area contributed by atoms with E-state index in [2.05, 4.69) is 45.4 Å². The van der Waals surface area contributed by atoms with Crippen molar-refractivity contribution in [3.63, 3.8) is 0 Å². The summed E-state index contributed by atoms with van der Waals surface area (Å²) in [5.41, 5.74) is 2.71. The number of anilines is 1. The summed E-state index contributed by atoms with van der Waals surface area (Å²) in [7, 11) is 0. The predicted molar refractivity (Wildman–Crippen MR) is 151 cm³/mol. The number of aliphatic hydroxyl groups excluding tert-OH is 1. The van der Waals surface area contributed by atoms with E-state index in [9.17, 15) is 9.90 Å². The summed E-state index contributed by atoms with van der Waals surface area (Å²) in [5.74, 6) is 0.938. The van der Waals surface area contributed by atoms with Gasteiger partial charge in [-0.25, -0.2) is 9.97 Å². The highest BCUT2D eigenvalue weighted by Crippen LogP contribution is 2.43. The van der Waals surface area contributed by atoms with Gasteiger partial charge in [0.25, 0.3) is 0 Å². The van der Waals surface area contributed by atoms with Crippen molar-refractivity contribution in [3.8, 4) is 0 Å². The van der Waals surface area contributed by atoms with Crippen molar-refractivity contribution in [3.05, 3.63) is 51.4 Å². The molecular formula is C28H38Cl2N6O2. The van der Waals surface area contributed by atoms with Gasteiger partial charge < -0.3 is 14.9 Å². The Morgan fingerprint density at radius 2 is 1.74 bits per heavy atom. The molecule has 0 radical (unpaired) electrons. The molecule has 38 heavy (non-hydrogen) atoms. The fourth-order valence-corrected chi connectivity index (χ4v) is 6.40. The first-order valence-electron chi connectivity index (χ1n) is 13.7. The van der Waals surface area contributed by atoms with Gasteiger partial charge in [-0.1, -0.05) is 36.2 Å². The quantitative estimate of drug-likeness (QED) is 0.576. The van der Waals surface area contributed by atoms with Gasteiger partial charge in [0.05, 0.1) is 27.8 Å². The number of nitrogens with zero attached hydrogens (tertiary/aromatic N) is 6. The van der Waals surface area contributed by atoms with Gasteiger partial charge in [-0.05, 0) is 43.9 Å². The average Bonchev–Trinajstić information content (AvgIpc) is 3.22. The summed E-state index contributed by atoms with van der Waals surface area (Å²) in [5, 5.41) is 11.4. The summed E-state index contributed by atoms with van der Waals surface area (Å²) in [4.78, 5) is 32.0. The fraction of sp³-hybridized carbons (Fsp3) is 0.607. The zero-order valence-corrected chi connectivity index (χ0v) is 24.0. The van der Waals surface area contributed by atoms with Gasteiger partial charge in [-0.15, -0.1) is 0 Å². The molecule has 0 saturated carbocycles. The van der Waals surface area contributed by atoms with Crippen molar-refractivity contribution in [1.29, 1.82) is 0 Å². The van der Waals surface area contributed by atoms with Crippen LogP contribution >= 0.6 is 23.2 Å². The first-order chi connectivity index (χ1) is 18.2. The molecule has 0 bridgehead atoms. The highest BCUT2D eigenvalue weighted by Gasteiger charge is 2.35. The van der Waals surface area contributed by atoms with Crippen LogP contribution in [0.2, 0.25) is 10.0 Å². The van der Waals surface area contributed by atoms with Crippen LogP contribution in [0.15, 0.2) is 24.5 Å². The fourth-order valence-electron chi connectivity index (χ4n) is 6.09. The van der Waals surface area contributed by atoms with Crippen molar-refractivity contribution in [1.82, 2.24) is 24.7 Å². The molecule has 2 aliphatic heterocycles. The van der Waals surface area contributed by atoms with Gasteiger partial charge in [-0.2, -0.15) is 0 Å². The Labute approximate surface area is 235 Å². The maximum Gasteiger partial charge on any atom is 0.231 e. The molecule has 2 fully saturated rings. The second kappa shape index (κ2) is 11.6. The molecular weight excluding hydrogens is 523 g/mol. The first-order valence-corrected chi connectivity index (χ1v) is 14.5. The van der Waals surface area contributed by atoms with Gasteiger partial charge in [0.15, 0.2) is 0 Å². The highest BCUT2D eigenvalue weighted by atomic mass is 35.5. The van der Waals surface area contributed by atoms with E-state index >= 15 is 0 Å². The molecule has 8 nitrogen and oxygen atoms in total. The number of carbonyl (C=O) groups is 1. The molecule has 3 aliphatic rings. The van der Waals surface area contributed by atoms with Crippen molar-refractivity contribution < 1.29 is 9.90 Å². The lowest BCUT2D eigenvalue weighted by Crippen LogP contribution is -2.53. The topological polar surface area (TPSA) is 76.0 Å². The predicted octanol–water partition coefficient (Wildman–Crippen LogP) is 3.78. The summed E-state index contributed by atoms with van der Waals surface area (Å²) >= 11 is 12.6. The van der Waals surface area contributed by atoms with Gasteiger partial charge in [0, 0.05) is 70.5 Å². The maximum atomic E-state index is 14.0. The van der Waals surface area contributed by atoms with Crippen LogP contribution in [0.25, 0.3) is 0 Å². The Kier molecular flexibility index (Phi) is 8.45. The summed E-state index contributed by atoms with van der Waals surface area (Å²) in [6.45, 7) is 13.8. The SMILES string of the molecule is CC(C)N1CCN(CC(C(=O)N2CCN(c3ncnc4c3[C@H](C)C[C@H]4O)CC2)c2ccc(Cl)c(Cl)c2)CC1. The number of amides is 1. The van der Waals surface area contributed by atoms with E-state index in [1.165, 1.54) is 0 Å². The number of fused-ring (bicyclic) bond motifs is 1. The smallest absolute Gasteiger partial charge is 0.231 e. The van der Waals surface area contributed by atoms with Crippen molar-refractivity contribution in [2.45, 2.75) is 51.2 Å². The summed E-state index contributed by atoms with van der Waals surface area (Å²) in [6, 6.07) is 6.11. The molecule has 1 aromatic carbocycles. The third kappa shape index (κ3) is 5.65. The number of halogens is 2. The Balaban J connectivity index is 1.30. The first kappa shape index (κ1) is 27.6. The molecule has 1 N–H and O–H groups in total. The Morgan fingerprint density at radius 3 is 2.39 bits per heavy atom. The van der Waals surface area contributed by atoms with Gasteiger partial charge >= 0.3 is 0 Å². The van der Waals surface area contributed by atoms with Crippen LogP contribution in [0.5, 0.6) is 0 Å². The Bertz CT molecular complexity index is 1150. The number of rotatable bonds is 6. The molecule has 206 valence electrons. The molecule has 10 heteroatoms. The van der Waals surface area contributed by atoms with E-state index in [1.807, 2.05) is 17.0 Å². The Morgan fingerprint density at radius 1 is 1.03 bits per heavy atom. The minimum atomic E-state index is -0.529. The second-order valence-corrected chi connectivity index (χ2v) is 11.9. The molecule has 5 rings (SSSR count). The van der Waals surface area contributed by atoms with Crippen molar-refractivity contribution in [2.24, 2.45) is 0 Å². The minimum Gasteiger partial charge on any atom is -0.387 e. The van der Waals surface area contributed by atoms with Crippen molar-refractivity contribution in [2.75, 3.05) is 63.8 Å². The van der Waals surface area contributed by atoms with Crippen LogP contribution in [-0.2, 0) is 4.79 Å². The number of aliphatic hydroxyl groups is 1. The number of hydrogen-bond donors (Lipinski definition) is 1. The third-order valence-electron chi connectivity index (χ3n) is 8.39.